The lowest BCUT2D eigenvalue weighted by Crippen LogP contribution is -1.96. The van der Waals surface area contributed by atoms with Crippen LogP contribution in [0.1, 0.15) is 0 Å². The van der Waals surface area contributed by atoms with Crippen molar-refractivity contribution in [2.24, 2.45) is 0 Å². The average molecular weight is 310 g/mol. The first-order chi connectivity index (χ1) is 11.9. The number of furan rings is 1. The van der Waals surface area contributed by atoms with Crippen LogP contribution in [0.2, 0.25) is 0 Å². The van der Waals surface area contributed by atoms with Gasteiger partial charge in [0.05, 0.1) is 5.69 Å². The van der Waals surface area contributed by atoms with Crippen LogP contribution in [0, 0.1) is 0 Å². The summed E-state index contributed by atoms with van der Waals surface area (Å²) >= 11 is 0. The van der Waals surface area contributed by atoms with Gasteiger partial charge in [-0.05, 0) is 24.3 Å². The van der Waals surface area contributed by atoms with Crippen LogP contribution in [-0.2, 0) is 0 Å². The van der Waals surface area contributed by atoms with E-state index < -0.39 is 0 Å². The van der Waals surface area contributed by atoms with E-state index >= 15 is 0 Å². The Morgan fingerprint density at radius 1 is 0.708 bits per heavy atom. The van der Waals surface area contributed by atoms with Gasteiger partial charge in [0.1, 0.15) is 16.8 Å². The second-order valence-corrected chi connectivity index (χ2v) is 5.74. The van der Waals surface area contributed by atoms with E-state index in [0.717, 1.165) is 39.0 Å². The van der Waals surface area contributed by atoms with Crippen molar-refractivity contribution >= 4 is 22.1 Å². The molecule has 114 valence electrons. The van der Waals surface area contributed by atoms with Crippen molar-refractivity contribution < 1.29 is 4.42 Å². The Morgan fingerprint density at radius 3 is 2.17 bits per heavy atom. The lowest BCUT2D eigenvalue weighted by Gasteiger charge is -2.02. The van der Waals surface area contributed by atoms with Gasteiger partial charge in [0.2, 0.25) is 0 Å². The Balaban J connectivity index is 1.92. The molecule has 3 nitrogen and oxygen atoms in total. The van der Waals surface area contributed by atoms with Gasteiger partial charge in [-0.25, -0.2) is 4.68 Å². The van der Waals surface area contributed by atoms with Crippen molar-refractivity contribution in [1.82, 2.24) is 9.78 Å². The van der Waals surface area contributed by atoms with Gasteiger partial charge in [-0.2, -0.15) is 5.10 Å². The maximum atomic E-state index is 6.16. The van der Waals surface area contributed by atoms with Gasteiger partial charge in [-0.3, -0.25) is 0 Å². The quantitative estimate of drug-likeness (QED) is 0.435. The Labute approximate surface area is 138 Å². The smallest absolute Gasteiger partial charge is 0.181 e. The van der Waals surface area contributed by atoms with Crippen molar-refractivity contribution in [2.75, 3.05) is 0 Å². The van der Waals surface area contributed by atoms with Crippen molar-refractivity contribution in [3.8, 4) is 16.9 Å². The molecule has 0 bridgehead atoms. The van der Waals surface area contributed by atoms with Gasteiger partial charge >= 0.3 is 0 Å². The second kappa shape index (κ2) is 5.10. The molecule has 0 unspecified atom stereocenters. The fraction of sp³-hybridized carbons (Fsp3) is 0. The minimum Gasteiger partial charge on any atom is -0.452 e. The number of hydrogen-bond acceptors (Lipinski definition) is 2. The predicted molar refractivity (Wildman–Crippen MR) is 96.3 cm³/mol. The zero-order valence-corrected chi connectivity index (χ0v) is 12.9. The van der Waals surface area contributed by atoms with Crippen molar-refractivity contribution in [3.63, 3.8) is 0 Å². The first kappa shape index (κ1) is 13.1. The molecule has 0 saturated carbocycles. The Bertz CT molecular complexity index is 1140. The molecule has 0 saturated heterocycles. The Hall–Kier alpha value is -3.33. The molecule has 2 aromatic heterocycles. The molecule has 3 aromatic carbocycles. The Morgan fingerprint density at radius 2 is 1.38 bits per heavy atom. The lowest BCUT2D eigenvalue weighted by atomic mass is 10.1. The molecule has 0 amide bonds. The topological polar surface area (TPSA) is 31.0 Å². The maximum Gasteiger partial charge on any atom is 0.181 e. The number of fused-ring (bicyclic) bond motifs is 3. The average Bonchev–Trinajstić information content (AvgIpc) is 3.20. The van der Waals surface area contributed by atoms with Gasteiger partial charge in [-0.15, -0.1) is 0 Å². The molecule has 5 rings (SSSR count). The van der Waals surface area contributed by atoms with Crippen molar-refractivity contribution in [2.45, 2.75) is 0 Å². The SMILES string of the molecule is c1ccc(-c2nn(-c3ccccc3)c3c2oc2ccccc23)cc1. The summed E-state index contributed by atoms with van der Waals surface area (Å²) in [5.41, 5.74) is 5.66. The molecule has 24 heavy (non-hydrogen) atoms. The number of benzene rings is 3. The van der Waals surface area contributed by atoms with Crippen LogP contribution in [0.4, 0.5) is 0 Å². The third-order valence-corrected chi connectivity index (χ3v) is 4.24. The van der Waals surface area contributed by atoms with Crippen LogP contribution in [0.3, 0.4) is 0 Å². The van der Waals surface area contributed by atoms with E-state index in [0.29, 0.717) is 0 Å². The van der Waals surface area contributed by atoms with E-state index in [1.165, 1.54) is 0 Å². The first-order valence-corrected chi connectivity index (χ1v) is 7.93. The van der Waals surface area contributed by atoms with Gasteiger partial charge in [-0.1, -0.05) is 60.7 Å². The predicted octanol–water partition coefficient (Wildman–Crippen LogP) is 5.44. The molecule has 2 heterocycles. The van der Waals surface area contributed by atoms with Crippen LogP contribution >= 0.6 is 0 Å². The monoisotopic (exact) mass is 310 g/mol. The zero-order chi connectivity index (χ0) is 15.9. The maximum absolute atomic E-state index is 6.16. The summed E-state index contributed by atoms with van der Waals surface area (Å²) in [7, 11) is 0. The minimum absolute atomic E-state index is 0.825. The van der Waals surface area contributed by atoms with E-state index in [1.54, 1.807) is 0 Å². The first-order valence-electron chi connectivity index (χ1n) is 7.93. The fourth-order valence-corrected chi connectivity index (χ4v) is 3.14. The summed E-state index contributed by atoms with van der Waals surface area (Å²) in [6, 6.07) is 28.4. The molecule has 0 N–H and O–H groups in total. The molecule has 0 aliphatic carbocycles. The normalized spacial score (nSPS) is 11.3. The number of para-hydroxylation sites is 2. The third-order valence-electron chi connectivity index (χ3n) is 4.24. The van der Waals surface area contributed by atoms with E-state index in [9.17, 15) is 0 Å². The van der Waals surface area contributed by atoms with Gasteiger partial charge in [0.25, 0.3) is 0 Å². The van der Waals surface area contributed by atoms with Crippen LogP contribution in [0.15, 0.2) is 89.3 Å². The summed E-state index contributed by atoms with van der Waals surface area (Å²) in [6.07, 6.45) is 0. The van der Waals surface area contributed by atoms with Crippen LogP contribution < -0.4 is 0 Å². The largest absolute Gasteiger partial charge is 0.452 e. The molecule has 0 radical (unpaired) electrons. The molecular formula is C21H14N2O. The van der Waals surface area contributed by atoms with Crippen LogP contribution in [0.25, 0.3) is 39.0 Å². The summed E-state index contributed by atoms with van der Waals surface area (Å²) in [4.78, 5) is 0. The van der Waals surface area contributed by atoms with E-state index in [2.05, 4.69) is 30.3 Å². The van der Waals surface area contributed by atoms with Crippen LogP contribution in [0.5, 0.6) is 0 Å². The summed E-state index contributed by atoms with van der Waals surface area (Å²) < 4.78 is 8.13. The molecule has 0 aliphatic heterocycles. The fourth-order valence-electron chi connectivity index (χ4n) is 3.14. The third kappa shape index (κ3) is 1.88. The highest BCUT2D eigenvalue weighted by atomic mass is 16.3. The minimum atomic E-state index is 0.825. The molecule has 0 spiro atoms. The van der Waals surface area contributed by atoms with E-state index in [-0.39, 0.29) is 0 Å². The summed E-state index contributed by atoms with van der Waals surface area (Å²) in [6.45, 7) is 0. The van der Waals surface area contributed by atoms with Gasteiger partial charge in [0.15, 0.2) is 5.58 Å². The molecular weight excluding hydrogens is 296 g/mol. The number of rotatable bonds is 2. The van der Waals surface area contributed by atoms with Crippen molar-refractivity contribution in [1.29, 1.82) is 0 Å². The molecule has 0 atom stereocenters. The highest BCUT2D eigenvalue weighted by Gasteiger charge is 2.20. The Kier molecular flexibility index (Phi) is 2.79. The highest BCUT2D eigenvalue weighted by Crippen LogP contribution is 2.36. The standard InChI is InChI=1S/C21H14N2O/c1-3-9-15(10-4-1)19-21-20(17-13-7-8-14-18(17)24-21)23(22-19)16-11-5-2-6-12-16/h1-14H. The molecule has 5 aromatic rings. The molecule has 3 heteroatoms. The van der Waals surface area contributed by atoms with E-state index in [1.807, 2.05) is 59.3 Å². The zero-order valence-electron chi connectivity index (χ0n) is 12.9. The summed E-state index contributed by atoms with van der Waals surface area (Å²) in [5, 5.41) is 5.94. The highest BCUT2D eigenvalue weighted by molar-refractivity contribution is 6.07. The second-order valence-electron chi connectivity index (χ2n) is 5.74. The number of nitrogens with zero attached hydrogens (tertiary/aromatic N) is 2. The van der Waals surface area contributed by atoms with Crippen LogP contribution in [-0.4, -0.2) is 9.78 Å². The number of hydrogen-bond donors (Lipinski definition) is 0. The van der Waals surface area contributed by atoms with Crippen molar-refractivity contribution in [3.05, 3.63) is 84.9 Å². The summed E-state index contributed by atoms with van der Waals surface area (Å²) in [5.74, 6) is 0. The molecule has 0 fully saturated rings. The number of aromatic nitrogens is 2. The molecule has 0 aliphatic rings. The van der Waals surface area contributed by atoms with E-state index in [4.69, 9.17) is 9.52 Å². The lowest BCUT2D eigenvalue weighted by molar-refractivity contribution is 0.670. The van der Waals surface area contributed by atoms with Gasteiger partial charge in [0, 0.05) is 10.9 Å². The van der Waals surface area contributed by atoms with Gasteiger partial charge < -0.3 is 4.42 Å².